The fourth-order valence-electron chi connectivity index (χ4n) is 1.65. The van der Waals surface area contributed by atoms with Gasteiger partial charge in [-0.25, -0.2) is 4.68 Å². The zero-order chi connectivity index (χ0) is 20.1. The van der Waals surface area contributed by atoms with Gasteiger partial charge in [-0.15, -0.1) is 5.10 Å². The Morgan fingerprint density at radius 1 is 0.852 bits per heavy atom. The van der Waals surface area contributed by atoms with E-state index in [1.54, 1.807) is 48.5 Å². The summed E-state index contributed by atoms with van der Waals surface area (Å²) in [4.78, 5) is 0. The van der Waals surface area contributed by atoms with Crippen molar-refractivity contribution in [2.75, 3.05) is 27.1 Å². The second kappa shape index (κ2) is 12.2. The van der Waals surface area contributed by atoms with Gasteiger partial charge in [0, 0.05) is 27.0 Å². The zero-order valence-electron chi connectivity index (χ0n) is 15.3. The molecule has 0 radical (unpaired) electrons. The number of methoxy groups -OCH3 is 3. The van der Waals surface area contributed by atoms with Crippen molar-refractivity contribution < 1.29 is 24.4 Å². The van der Waals surface area contributed by atoms with Crippen molar-refractivity contribution in [3.05, 3.63) is 54.9 Å². The highest BCUT2D eigenvalue weighted by atomic mass is 16.8. The van der Waals surface area contributed by atoms with Crippen LogP contribution in [0.25, 0.3) is 5.69 Å². The predicted molar refractivity (Wildman–Crippen MR) is 98.2 cm³/mol. The molecule has 1 aromatic heterocycles. The van der Waals surface area contributed by atoms with Crippen LogP contribution >= 0.6 is 0 Å². The number of nitrogens with zero attached hydrogens (tertiary/aromatic N) is 4. The van der Waals surface area contributed by atoms with Crippen LogP contribution in [0.5, 0.6) is 11.5 Å². The average molecular weight is 377 g/mol. The lowest BCUT2D eigenvalue weighted by Crippen LogP contribution is -2.14. The molecule has 10 heteroatoms. The number of hydrogen-bond donors (Lipinski definition) is 3. The summed E-state index contributed by atoms with van der Waals surface area (Å²) in [7, 11) is 4.53. The molecule has 0 amide bonds. The van der Waals surface area contributed by atoms with Crippen molar-refractivity contribution in [2.45, 2.75) is 6.48 Å². The first kappa shape index (κ1) is 21.8. The Bertz CT molecular complexity index is 705. The molecule has 0 unspecified atom stereocenters. The smallest absolute Gasteiger partial charge is 0.270 e. The van der Waals surface area contributed by atoms with Gasteiger partial charge in [0.05, 0.1) is 5.69 Å². The van der Waals surface area contributed by atoms with Crippen LogP contribution in [0, 0.1) is 0 Å². The molecule has 27 heavy (non-hydrogen) atoms. The van der Waals surface area contributed by atoms with Crippen LogP contribution < -0.4 is 5.73 Å². The van der Waals surface area contributed by atoms with E-state index < -0.39 is 6.48 Å². The van der Waals surface area contributed by atoms with E-state index in [1.807, 2.05) is 0 Å². The van der Waals surface area contributed by atoms with E-state index in [2.05, 4.69) is 29.7 Å². The number of anilines is 1. The molecule has 0 saturated carbocycles. The first-order chi connectivity index (χ1) is 13.0. The fraction of sp³-hybridized carbons (Fsp3) is 0.235. The third-order valence-corrected chi connectivity index (χ3v) is 2.93. The Morgan fingerprint density at radius 2 is 1.33 bits per heavy atom. The second-order valence-electron chi connectivity index (χ2n) is 4.86. The SMILES string of the molecule is COC(OC)OC.Nc1ccc(O)cc1.Oc1ccc(-n2cnnn2)cc1. The average Bonchev–Trinajstić information content (AvgIpc) is 3.22. The summed E-state index contributed by atoms with van der Waals surface area (Å²) in [5.41, 5.74) is 6.80. The zero-order valence-corrected chi connectivity index (χ0v) is 15.3. The molecule has 0 aliphatic rings. The van der Waals surface area contributed by atoms with Crippen LogP contribution in [0.1, 0.15) is 0 Å². The molecule has 10 nitrogen and oxygen atoms in total. The Balaban J connectivity index is 0.000000214. The first-order valence-corrected chi connectivity index (χ1v) is 7.65. The Kier molecular flexibility index (Phi) is 9.86. The van der Waals surface area contributed by atoms with Crippen LogP contribution in [0.4, 0.5) is 5.69 Å². The number of nitrogen functional groups attached to an aromatic ring is 1. The summed E-state index contributed by atoms with van der Waals surface area (Å²) >= 11 is 0. The molecule has 0 saturated heterocycles. The number of aromatic nitrogens is 4. The highest BCUT2D eigenvalue weighted by Crippen LogP contribution is 2.11. The maximum Gasteiger partial charge on any atom is 0.270 e. The van der Waals surface area contributed by atoms with Crippen LogP contribution in [0.15, 0.2) is 54.9 Å². The summed E-state index contributed by atoms with van der Waals surface area (Å²) in [6.45, 7) is -0.514. The molecular formula is C17H23N5O5. The molecule has 0 aliphatic heterocycles. The number of tetrazole rings is 1. The molecule has 146 valence electrons. The minimum atomic E-state index is -0.514. The third kappa shape index (κ3) is 8.63. The van der Waals surface area contributed by atoms with Crippen molar-refractivity contribution in [1.29, 1.82) is 0 Å². The lowest BCUT2D eigenvalue weighted by Gasteiger charge is -2.08. The first-order valence-electron chi connectivity index (χ1n) is 7.65. The van der Waals surface area contributed by atoms with E-state index >= 15 is 0 Å². The quantitative estimate of drug-likeness (QED) is 0.351. The second-order valence-corrected chi connectivity index (χ2v) is 4.86. The van der Waals surface area contributed by atoms with Gasteiger partial charge in [-0.3, -0.25) is 0 Å². The van der Waals surface area contributed by atoms with Crippen LogP contribution in [-0.2, 0) is 14.2 Å². The van der Waals surface area contributed by atoms with Crippen LogP contribution in [-0.4, -0.2) is 58.2 Å². The fourth-order valence-corrected chi connectivity index (χ4v) is 1.65. The molecule has 0 spiro atoms. The summed E-state index contributed by atoms with van der Waals surface area (Å²) in [5, 5.41) is 28.4. The van der Waals surface area contributed by atoms with Crippen LogP contribution in [0.3, 0.4) is 0 Å². The largest absolute Gasteiger partial charge is 0.508 e. The standard InChI is InChI=1S/C7H6N4O.C6H7NO.C4H10O3/c12-7-3-1-6(2-4-7)11-5-8-9-10-11;7-5-1-3-6(8)4-2-5;1-5-4(6-2)7-3/h1-5,12H;1-4,8H,7H2;4H,1-3H3. The molecule has 3 aromatic rings. The van der Waals surface area contributed by atoms with Gasteiger partial charge in [0.25, 0.3) is 6.48 Å². The minimum Gasteiger partial charge on any atom is -0.508 e. The highest BCUT2D eigenvalue weighted by molar-refractivity contribution is 5.40. The van der Waals surface area contributed by atoms with Crippen molar-refractivity contribution in [3.63, 3.8) is 0 Å². The van der Waals surface area contributed by atoms with E-state index in [0.717, 1.165) is 5.69 Å². The molecule has 2 aromatic carbocycles. The van der Waals surface area contributed by atoms with E-state index in [1.165, 1.54) is 32.3 Å². The molecule has 3 rings (SSSR count). The van der Waals surface area contributed by atoms with E-state index in [4.69, 9.17) is 15.9 Å². The van der Waals surface area contributed by atoms with Gasteiger partial charge >= 0.3 is 0 Å². The summed E-state index contributed by atoms with van der Waals surface area (Å²) in [6, 6.07) is 13.0. The summed E-state index contributed by atoms with van der Waals surface area (Å²) in [6.07, 6.45) is 1.49. The number of hydrogen-bond acceptors (Lipinski definition) is 9. The predicted octanol–water partition coefficient (Wildman–Crippen LogP) is 1.55. The van der Waals surface area contributed by atoms with Crippen molar-refractivity contribution in [2.24, 2.45) is 0 Å². The Hall–Kier alpha value is -3.21. The maximum absolute atomic E-state index is 8.99. The molecule has 1 heterocycles. The van der Waals surface area contributed by atoms with Gasteiger partial charge in [0.2, 0.25) is 0 Å². The lowest BCUT2D eigenvalue weighted by molar-refractivity contribution is -0.252. The number of phenolic OH excluding ortho intramolecular Hbond substituents is 2. The van der Waals surface area contributed by atoms with E-state index in [0.29, 0.717) is 5.69 Å². The normalized spacial score (nSPS) is 9.78. The number of nitrogens with two attached hydrogens (primary N) is 1. The van der Waals surface area contributed by atoms with E-state index in [9.17, 15) is 0 Å². The molecular weight excluding hydrogens is 354 g/mol. The van der Waals surface area contributed by atoms with Crippen LogP contribution in [0.2, 0.25) is 0 Å². The van der Waals surface area contributed by atoms with Gasteiger partial charge in [-0.1, -0.05) is 0 Å². The highest BCUT2D eigenvalue weighted by Gasteiger charge is 1.97. The Morgan fingerprint density at radius 3 is 1.67 bits per heavy atom. The number of phenols is 2. The van der Waals surface area contributed by atoms with Crippen molar-refractivity contribution in [1.82, 2.24) is 20.2 Å². The molecule has 0 atom stereocenters. The summed E-state index contributed by atoms with van der Waals surface area (Å²) in [5.74, 6) is 0.478. The minimum absolute atomic E-state index is 0.229. The van der Waals surface area contributed by atoms with Gasteiger partial charge in [-0.2, -0.15) is 0 Å². The summed E-state index contributed by atoms with van der Waals surface area (Å²) < 4.78 is 15.3. The van der Waals surface area contributed by atoms with Crippen molar-refractivity contribution in [3.8, 4) is 17.2 Å². The number of aromatic hydroxyl groups is 2. The number of ether oxygens (including phenoxy) is 3. The molecule has 4 N–H and O–H groups in total. The van der Waals surface area contributed by atoms with Gasteiger partial charge in [0.15, 0.2) is 0 Å². The lowest BCUT2D eigenvalue weighted by atomic mass is 10.3. The maximum atomic E-state index is 8.99. The molecule has 0 bridgehead atoms. The molecule has 0 fully saturated rings. The monoisotopic (exact) mass is 377 g/mol. The number of rotatable bonds is 4. The van der Waals surface area contributed by atoms with Gasteiger partial charge in [0.1, 0.15) is 17.8 Å². The third-order valence-electron chi connectivity index (χ3n) is 2.93. The van der Waals surface area contributed by atoms with Gasteiger partial charge < -0.3 is 30.2 Å². The van der Waals surface area contributed by atoms with Crippen molar-refractivity contribution >= 4 is 5.69 Å². The number of benzene rings is 2. The van der Waals surface area contributed by atoms with Gasteiger partial charge in [-0.05, 0) is 59.0 Å². The Labute approximate surface area is 156 Å². The molecule has 0 aliphatic carbocycles. The topological polar surface area (TPSA) is 138 Å². The van der Waals surface area contributed by atoms with E-state index in [-0.39, 0.29) is 11.5 Å².